The Bertz CT molecular complexity index is 874. The van der Waals surface area contributed by atoms with Gasteiger partial charge < -0.3 is 24.4 Å². The van der Waals surface area contributed by atoms with E-state index in [0.717, 1.165) is 13.1 Å². The van der Waals surface area contributed by atoms with Crippen molar-refractivity contribution in [3.8, 4) is 11.5 Å². The summed E-state index contributed by atoms with van der Waals surface area (Å²) in [5.74, 6) is 0.285. The zero-order chi connectivity index (χ0) is 22.1. The highest BCUT2D eigenvalue weighted by atomic mass is 16.5. The van der Waals surface area contributed by atoms with Gasteiger partial charge in [-0.25, -0.2) is 0 Å². The molecule has 3 rings (SSSR count). The molecule has 0 radical (unpaired) electrons. The van der Waals surface area contributed by atoms with Gasteiger partial charge in [-0.15, -0.1) is 0 Å². The van der Waals surface area contributed by atoms with Crippen LogP contribution in [0.4, 0.5) is 11.4 Å². The number of anilines is 2. The Hall–Kier alpha value is -3.22. The van der Waals surface area contributed by atoms with Crippen LogP contribution in [0, 0.1) is 0 Å². The van der Waals surface area contributed by atoms with Crippen LogP contribution in [-0.2, 0) is 20.7 Å². The van der Waals surface area contributed by atoms with Crippen molar-refractivity contribution in [3.05, 3.63) is 48.0 Å². The Morgan fingerprint density at radius 3 is 2.29 bits per heavy atom. The standard InChI is InChI=1S/C24H30N2O5/c1-29-21-12-7-18(22(16-21)30-2)15-24(28)31-17-23(27)25-19-8-10-20(11-9-19)26-13-5-3-4-6-14-26/h7-12,16H,3-6,13-15,17H2,1-2H3,(H,25,27). The molecule has 0 unspecified atom stereocenters. The number of amides is 1. The maximum atomic E-state index is 12.2. The molecule has 31 heavy (non-hydrogen) atoms. The summed E-state index contributed by atoms with van der Waals surface area (Å²) >= 11 is 0. The van der Waals surface area contributed by atoms with E-state index < -0.39 is 5.97 Å². The topological polar surface area (TPSA) is 77.1 Å². The molecule has 166 valence electrons. The number of hydrogen-bond acceptors (Lipinski definition) is 6. The zero-order valence-corrected chi connectivity index (χ0v) is 18.2. The second-order valence-corrected chi connectivity index (χ2v) is 7.51. The van der Waals surface area contributed by atoms with Crippen LogP contribution in [0.1, 0.15) is 31.2 Å². The summed E-state index contributed by atoms with van der Waals surface area (Å²) in [6.07, 6.45) is 5.01. The van der Waals surface area contributed by atoms with Crippen molar-refractivity contribution >= 4 is 23.3 Å². The van der Waals surface area contributed by atoms with E-state index >= 15 is 0 Å². The van der Waals surface area contributed by atoms with Gasteiger partial charge in [0.15, 0.2) is 6.61 Å². The van der Waals surface area contributed by atoms with Crippen LogP contribution in [0.15, 0.2) is 42.5 Å². The molecule has 1 fully saturated rings. The minimum Gasteiger partial charge on any atom is -0.497 e. The van der Waals surface area contributed by atoms with Crippen LogP contribution < -0.4 is 19.7 Å². The lowest BCUT2D eigenvalue weighted by Gasteiger charge is -2.22. The largest absolute Gasteiger partial charge is 0.497 e. The Morgan fingerprint density at radius 1 is 0.935 bits per heavy atom. The van der Waals surface area contributed by atoms with Gasteiger partial charge >= 0.3 is 5.97 Å². The summed E-state index contributed by atoms with van der Waals surface area (Å²) < 4.78 is 15.6. The Balaban J connectivity index is 1.47. The molecule has 2 aromatic carbocycles. The lowest BCUT2D eigenvalue weighted by Crippen LogP contribution is -2.24. The molecule has 1 aliphatic heterocycles. The van der Waals surface area contributed by atoms with Gasteiger partial charge in [-0.2, -0.15) is 0 Å². The summed E-state index contributed by atoms with van der Waals surface area (Å²) in [6, 6.07) is 13.0. The van der Waals surface area contributed by atoms with Crippen molar-refractivity contribution in [2.45, 2.75) is 32.1 Å². The number of rotatable bonds is 8. The number of ether oxygens (including phenoxy) is 3. The molecule has 7 heteroatoms. The van der Waals surface area contributed by atoms with E-state index in [1.165, 1.54) is 38.5 Å². The molecule has 0 atom stereocenters. The second kappa shape index (κ2) is 11.2. The number of esters is 1. The number of nitrogens with one attached hydrogen (secondary N) is 1. The van der Waals surface area contributed by atoms with E-state index in [1.807, 2.05) is 24.3 Å². The quantitative estimate of drug-likeness (QED) is 0.647. The summed E-state index contributed by atoms with van der Waals surface area (Å²) in [4.78, 5) is 26.7. The smallest absolute Gasteiger partial charge is 0.310 e. The Labute approximate surface area is 183 Å². The number of methoxy groups -OCH3 is 2. The van der Waals surface area contributed by atoms with E-state index in [2.05, 4.69) is 10.2 Å². The summed E-state index contributed by atoms with van der Waals surface area (Å²) in [5.41, 5.74) is 2.51. The molecule has 1 N–H and O–H groups in total. The van der Waals surface area contributed by atoms with E-state index in [-0.39, 0.29) is 18.9 Å². The molecule has 2 aromatic rings. The van der Waals surface area contributed by atoms with Gasteiger partial charge in [0.2, 0.25) is 0 Å². The third kappa shape index (κ3) is 6.64. The third-order valence-corrected chi connectivity index (χ3v) is 5.32. The summed E-state index contributed by atoms with van der Waals surface area (Å²) in [5, 5.41) is 2.77. The minimum atomic E-state index is -0.505. The van der Waals surface area contributed by atoms with Crippen LogP contribution in [0.3, 0.4) is 0 Å². The first-order valence-corrected chi connectivity index (χ1v) is 10.6. The normalized spacial score (nSPS) is 13.8. The highest BCUT2D eigenvalue weighted by molar-refractivity contribution is 5.93. The zero-order valence-electron chi connectivity index (χ0n) is 18.2. The lowest BCUT2D eigenvalue weighted by molar-refractivity contribution is -0.146. The molecule has 0 aromatic heterocycles. The molecule has 7 nitrogen and oxygen atoms in total. The molecule has 0 saturated carbocycles. The van der Waals surface area contributed by atoms with Crippen molar-refractivity contribution < 1.29 is 23.8 Å². The van der Waals surface area contributed by atoms with Crippen LogP contribution in [-0.4, -0.2) is 45.8 Å². The average Bonchev–Trinajstić information content (AvgIpc) is 3.08. The third-order valence-electron chi connectivity index (χ3n) is 5.32. The van der Waals surface area contributed by atoms with Crippen molar-refractivity contribution in [3.63, 3.8) is 0 Å². The fraction of sp³-hybridized carbons (Fsp3) is 0.417. The summed E-state index contributed by atoms with van der Waals surface area (Å²) in [7, 11) is 3.08. The highest BCUT2D eigenvalue weighted by Crippen LogP contribution is 2.25. The number of hydrogen-bond donors (Lipinski definition) is 1. The van der Waals surface area contributed by atoms with E-state index in [0.29, 0.717) is 22.7 Å². The predicted molar refractivity (Wildman–Crippen MR) is 120 cm³/mol. The highest BCUT2D eigenvalue weighted by Gasteiger charge is 2.14. The molecule has 0 aliphatic carbocycles. The van der Waals surface area contributed by atoms with E-state index in [4.69, 9.17) is 14.2 Å². The molecular formula is C24H30N2O5. The molecule has 1 aliphatic rings. The fourth-order valence-electron chi connectivity index (χ4n) is 3.63. The summed E-state index contributed by atoms with van der Waals surface area (Å²) in [6.45, 7) is 1.80. The van der Waals surface area contributed by atoms with Crippen LogP contribution in [0.2, 0.25) is 0 Å². The van der Waals surface area contributed by atoms with Crippen LogP contribution >= 0.6 is 0 Å². The first-order valence-electron chi connectivity index (χ1n) is 10.6. The van der Waals surface area contributed by atoms with Gasteiger partial charge in [0, 0.05) is 36.1 Å². The van der Waals surface area contributed by atoms with Gasteiger partial charge in [-0.05, 0) is 43.2 Å². The monoisotopic (exact) mass is 426 g/mol. The number of benzene rings is 2. The van der Waals surface area contributed by atoms with Crippen LogP contribution in [0.5, 0.6) is 11.5 Å². The van der Waals surface area contributed by atoms with E-state index in [9.17, 15) is 9.59 Å². The fourth-order valence-corrected chi connectivity index (χ4v) is 3.63. The molecule has 0 bridgehead atoms. The first-order chi connectivity index (χ1) is 15.1. The van der Waals surface area contributed by atoms with Gasteiger partial charge in [-0.1, -0.05) is 18.9 Å². The second-order valence-electron chi connectivity index (χ2n) is 7.51. The van der Waals surface area contributed by atoms with Crippen molar-refractivity contribution in [2.24, 2.45) is 0 Å². The van der Waals surface area contributed by atoms with Crippen LogP contribution in [0.25, 0.3) is 0 Å². The average molecular weight is 427 g/mol. The molecule has 1 saturated heterocycles. The molecular weight excluding hydrogens is 396 g/mol. The lowest BCUT2D eigenvalue weighted by atomic mass is 10.1. The molecule has 0 spiro atoms. The van der Waals surface area contributed by atoms with E-state index in [1.54, 1.807) is 25.3 Å². The van der Waals surface area contributed by atoms with Gasteiger partial charge in [0.1, 0.15) is 11.5 Å². The first kappa shape index (κ1) is 22.5. The maximum Gasteiger partial charge on any atom is 0.310 e. The van der Waals surface area contributed by atoms with Crippen molar-refractivity contribution in [2.75, 3.05) is 44.1 Å². The van der Waals surface area contributed by atoms with Crippen molar-refractivity contribution in [1.29, 1.82) is 0 Å². The Morgan fingerprint density at radius 2 is 1.65 bits per heavy atom. The maximum absolute atomic E-state index is 12.2. The van der Waals surface area contributed by atoms with Gasteiger partial charge in [0.25, 0.3) is 5.91 Å². The van der Waals surface area contributed by atoms with Gasteiger partial charge in [-0.3, -0.25) is 9.59 Å². The molecule has 1 amide bonds. The molecule has 1 heterocycles. The SMILES string of the molecule is COc1ccc(CC(=O)OCC(=O)Nc2ccc(N3CCCCCC3)cc2)c(OC)c1. The predicted octanol–water partition coefficient (Wildman–Crippen LogP) is 3.81. The van der Waals surface area contributed by atoms with Crippen molar-refractivity contribution in [1.82, 2.24) is 0 Å². The number of carbonyl (C=O) groups is 2. The minimum absolute atomic E-state index is 0.00494. The number of nitrogens with zero attached hydrogens (tertiary/aromatic N) is 1. The Kier molecular flexibility index (Phi) is 8.15. The van der Waals surface area contributed by atoms with Gasteiger partial charge in [0.05, 0.1) is 20.6 Å². The number of carbonyl (C=O) groups excluding carboxylic acids is 2.